The third-order valence-electron chi connectivity index (χ3n) is 2.72. The highest BCUT2D eigenvalue weighted by molar-refractivity contribution is 7.13. The molecule has 1 aliphatic rings. The van der Waals surface area contributed by atoms with E-state index in [2.05, 4.69) is 15.3 Å². The summed E-state index contributed by atoms with van der Waals surface area (Å²) in [5.74, 6) is 0.0955. The zero-order valence-electron chi connectivity index (χ0n) is 9.46. The van der Waals surface area contributed by atoms with Crippen LogP contribution in [0.1, 0.15) is 34.9 Å². The molecule has 0 atom stereocenters. The van der Waals surface area contributed by atoms with Crippen molar-refractivity contribution in [3.63, 3.8) is 0 Å². The topological polar surface area (TPSA) is 75.1 Å². The first kappa shape index (κ1) is 11.2. The van der Waals surface area contributed by atoms with Gasteiger partial charge in [-0.15, -0.1) is 11.3 Å². The Hall–Kier alpha value is -1.95. The van der Waals surface area contributed by atoms with Gasteiger partial charge in [-0.25, -0.2) is 14.8 Å². The highest BCUT2D eigenvalue weighted by Gasteiger charge is 2.26. The Kier molecular flexibility index (Phi) is 2.71. The van der Waals surface area contributed by atoms with Gasteiger partial charge in [-0.05, 0) is 25.0 Å². The average Bonchev–Trinajstić information content (AvgIpc) is 3.11. The molecule has 0 bridgehead atoms. The van der Waals surface area contributed by atoms with Crippen molar-refractivity contribution in [1.82, 2.24) is 9.97 Å². The summed E-state index contributed by atoms with van der Waals surface area (Å²) < 4.78 is 0. The fourth-order valence-electron chi connectivity index (χ4n) is 1.64. The van der Waals surface area contributed by atoms with Gasteiger partial charge in [0.25, 0.3) is 0 Å². The number of carbonyl (C=O) groups is 1. The van der Waals surface area contributed by atoms with Gasteiger partial charge in [0.15, 0.2) is 10.8 Å². The Morgan fingerprint density at radius 3 is 2.94 bits per heavy atom. The van der Waals surface area contributed by atoms with Crippen LogP contribution in [-0.2, 0) is 0 Å². The zero-order chi connectivity index (χ0) is 12.5. The molecular formula is C12H11N3O2S. The highest BCUT2D eigenvalue weighted by atomic mass is 32.1. The van der Waals surface area contributed by atoms with Crippen molar-refractivity contribution in [3.05, 3.63) is 35.0 Å². The number of rotatable bonds is 4. The maximum atomic E-state index is 10.8. The summed E-state index contributed by atoms with van der Waals surface area (Å²) in [7, 11) is 0. The largest absolute Gasteiger partial charge is 0.477 e. The van der Waals surface area contributed by atoms with Gasteiger partial charge in [0, 0.05) is 11.3 Å². The van der Waals surface area contributed by atoms with E-state index in [1.54, 1.807) is 12.1 Å². The number of nitrogens with zero attached hydrogens (tertiary/aromatic N) is 2. The predicted molar refractivity (Wildman–Crippen MR) is 68.6 cm³/mol. The summed E-state index contributed by atoms with van der Waals surface area (Å²) in [6.07, 6.45) is 2.44. The summed E-state index contributed by atoms with van der Waals surface area (Å²) in [5, 5.41) is 14.7. The summed E-state index contributed by atoms with van der Waals surface area (Å²) in [4.78, 5) is 19.3. The number of hydrogen-bond acceptors (Lipinski definition) is 5. The maximum absolute atomic E-state index is 10.8. The van der Waals surface area contributed by atoms with Gasteiger partial charge in [0.2, 0.25) is 0 Å². The van der Waals surface area contributed by atoms with Crippen molar-refractivity contribution in [2.75, 3.05) is 5.32 Å². The van der Waals surface area contributed by atoms with Gasteiger partial charge in [-0.1, -0.05) is 6.07 Å². The minimum Gasteiger partial charge on any atom is -0.477 e. The van der Waals surface area contributed by atoms with Crippen LogP contribution in [0, 0.1) is 0 Å². The monoisotopic (exact) mass is 261 g/mol. The van der Waals surface area contributed by atoms with Gasteiger partial charge in [0.1, 0.15) is 5.82 Å². The van der Waals surface area contributed by atoms with Crippen LogP contribution < -0.4 is 5.32 Å². The van der Waals surface area contributed by atoms with E-state index in [1.807, 2.05) is 5.38 Å². The maximum Gasteiger partial charge on any atom is 0.354 e. The van der Waals surface area contributed by atoms with Crippen molar-refractivity contribution in [1.29, 1.82) is 0 Å². The second kappa shape index (κ2) is 4.38. The molecule has 1 aliphatic carbocycles. The highest BCUT2D eigenvalue weighted by Crippen LogP contribution is 2.41. The van der Waals surface area contributed by atoms with Crippen LogP contribution in [-0.4, -0.2) is 21.0 Å². The second-order valence-corrected chi connectivity index (χ2v) is 5.05. The molecule has 3 rings (SSSR count). The number of hydrogen-bond donors (Lipinski definition) is 2. The molecule has 5 nitrogen and oxygen atoms in total. The fraction of sp³-hybridized carbons (Fsp3) is 0.250. The van der Waals surface area contributed by atoms with Gasteiger partial charge in [0.05, 0.1) is 5.69 Å². The van der Waals surface area contributed by atoms with Crippen molar-refractivity contribution >= 4 is 28.3 Å². The number of nitrogens with one attached hydrogen (secondary N) is 1. The molecule has 1 fully saturated rings. The predicted octanol–water partition coefficient (Wildman–Crippen LogP) is 2.86. The molecule has 0 radical (unpaired) electrons. The van der Waals surface area contributed by atoms with Crippen LogP contribution in [0.3, 0.4) is 0 Å². The van der Waals surface area contributed by atoms with Crippen molar-refractivity contribution in [3.8, 4) is 0 Å². The Labute approximate surface area is 108 Å². The minimum atomic E-state index is -1.03. The van der Waals surface area contributed by atoms with E-state index >= 15 is 0 Å². The second-order valence-electron chi connectivity index (χ2n) is 4.19. The number of carboxylic acids is 1. The molecule has 0 unspecified atom stereocenters. The van der Waals surface area contributed by atoms with E-state index in [9.17, 15) is 4.79 Å². The average molecular weight is 261 g/mol. The molecule has 0 aromatic carbocycles. The lowest BCUT2D eigenvalue weighted by molar-refractivity contribution is 0.0690. The van der Waals surface area contributed by atoms with E-state index in [0.29, 0.717) is 11.7 Å². The number of anilines is 2. The van der Waals surface area contributed by atoms with E-state index in [-0.39, 0.29) is 5.69 Å². The molecule has 6 heteroatoms. The standard InChI is InChI=1S/C12H11N3O2S/c16-11(17)8-2-1-3-10(13-8)15-12-14-9(6-18-12)7-4-5-7/h1-3,6-7H,4-5H2,(H,16,17)(H,13,14,15). The third-order valence-corrected chi connectivity index (χ3v) is 3.50. The van der Waals surface area contributed by atoms with Crippen LogP contribution in [0.2, 0.25) is 0 Å². The first-order valence-corrected chi connectivity index (χ1v) is 6.53. The van der Waals surface area contributed by atoms with Crippen molar-refractivity contribution < 1.29 is 9.90 Å². The van der Waals surface area contributed by atoms with Crippen LogP contribution in [0.4, 0.5) is 10.9 Å². The van der Waals surface area contributed by atoms with Gasteiger partial charge in [-0.2, -0.15) is 0 Å². The number of carboxylic acid groups (broad SMARTS) is 1. The molecule has 1 saturated carbocycles. The molecule has 18 heavy (non-hydrogen) atoms. The molecule has 2 aromatic rings. The number of thiazole rings is 1. The van der Waals surface area contributed by atoms with Gasteiger partial charge in [-0.3, -0.25) is 0 Å². The lowest BCUT2D eigenvalue weighted by Crippen LogP contribution is -2.02. The molecule has 2 aromatic heterocycles. The van der Waals surface area contributed by atoms with Crippen LogP contribution in [0.25, 0.3) is 0 Å². The summed E-state index contributed by atoms with van der Waals surface area (Å²) in [6.45, 7) is 0. The van der Waals surface area contributed by atoms with Crippen molar-refractivity contribution in [2.45, 2.75) is 18.8 Å². The summed E-state index contributed by atoms with van der Waals surface area (Å²) >= 11 is 1.52. The smallest absolute Gasteiger partial charge is 0.354 e. The molecule has 2 heterocycles. The Balaban J connectivity index is 1.78. The first-order chi connectivity index (χ1) is 8.72. The summed E-state index contributed by atoms with van der Waals surface area (Å²) in [5.41, 5.74) is 1.15. The van der Waals surface area contributed by atoms with E-state index in [0.717, 1.165) is 10.8 Å². The Morgan fingerprint density at radius 1 is 1.39 bits per heavy atom. The van der Waals surface area contributed by atoms with Crippen LogP contribution in [0.5, 0.6) is 0 Å². The van der Waals surface area contributed by atoms with Gasteiger partial charge >= 0.3 is 5.97 Å². The Bertz CT molecular complexity index is 593. The number of pyridine rings is 1. The third kappa shape index (κ3) is 2.33. The van der Waals surface area contributed by atoms with Crippen molar-refractivity contribution in [2.24, 2.45) is 0 Å². The van der Waals surface area contributed by atoms with Crippen LogP contribution in [0.15, 0.2) is 23.6 Å². The van der Waals surface area contributed by atoms with E-state index < -0.39 is 5.97 Å². The molecule has 0 aliphatic heterocycles. The van der Waals surface area contributed by atoms with E-state index in [4.69, 9.17) is 5.11 Å². The minimum absolute atomic E-state index is 0.0268. The molecule has 92 valence electrons. The lowest BCUT2D eigenvalue weighted by Gasteiger charge is -2.02. The van der Waals surface area contributed by atoms with Crippen LogP contribution >= 0.6 is 11.3 Å². The lowest BCUT2D eigenvalue weighted by atomic mass is 10.3. The molecule has 2 N–H and O–H groups in total. The normalized spacial score (nSPS) is 14.4. The van der Waals surface area contributed by atoms with Gasteiger partial charge < -0.3 is 10.4 Å². The first-order valence-electron chi connectivity index (χ1n) is 5.65. The molecular weight excluding hydrogens is 250 g/mol. The molecule has 0 amide bonds. The Morgan fingerprint density at radius 2 is 2.22 bits per heavy atom. The SMILES string of the molecule is O=C(O)c1cccc(Nc2nc(C3CC3)cs2)n1. The number of aromatic carboxylic acids is 1. The zero-order valence-corrected chi connectivity index (χ0v) is 10.3. The van der Waals surface area contributed by atoms with E-state index in [1.165, 1.54) is 30.2 Å². The quantitative estimate of drug-likeness (QED) is 0.885. The molecule has 0 saturated heterocycles. The molecule has 0 spiro atoms. The summed E-state index contributed by atoms with van der Waals surface area (Å²) in [6, 6.07) is 4.85. The fourth-order valence-corrected chi connectivity index (χ4v) is 2.44. The number of aromatic nitrogens is 2.